The first kappa shape index (κ1) is 17.2. The van der Waals surface area contributed by atoms with Crippen LogP contribution in [-0.4, -0.2) is 49.3 Å². The number of hydrogen-bond acceptors (Lipinski definition) is 6. The highest BCUT2D eigenvalue weighted by molar-refractivity contribution is 5.79. The molecule has 0 amide bonds. The number of cyclic esters (lactones) is 1. The molecule has 0 aliphatic carbocycles. The zero-order valence-corrected chi connectivity index (χ0v) is 16.2. The maximum absolute atomic E-state index is 12.7. The molecule has 0 saturated carbocycles. The van der Waals surface area contributed by atoms with E-state index in [2.05, 4.69) is 26.9 Å². The van der Waals surface area contributed by atoms with Gasteiger partial charge in [-0.2, -0.15) is 9.61 Å². The minimum atomic E-state index is -0.360. The molecular formula is C20H24N6O2. The van der Waals surface area contributed by atoms with Crippen LogP contribution >= 0.6 is 0 Å². The molecule has 0 N–H and O–H groups in total. The number of rotatable bonds is 3. The van der Waals surface area contributed by atoms with E-state index < -0.39 is 0 Å². The molecule has 5 rings (SSSR count). The zero-order valence-electron chi connectivity index (χ0n) is 16.2. The van der Waals surface area contributed by atoms with E-state index in [1.807, 2.05) is 28.3 Å². The summed E-state index contributed by atoms with van der Waals surface area (Å²) in [7, 11) is 0. The topological polar surface area (TPSA) is 77.6 Å². The highest BCUT2D eigenvalue weighted by atomic mass is 16.6. The molecule has 3 aromatic rings. The number of esters is 1. The first-order valence-electron chi connectivity index (χ1n) is 9.78. The number of imidazole rings is 1. The molecule has 8 nitrogen and oxygen atoms in total. The summed E-state index contributed by atoms with van der Waals surface area (Å²) in [6.45, 7) is 6.42. The van der Waals surface area contributed by atoms with E-state index in [9.17, 15) is 4.79 Å². The van der Waals surface area contributed by atoms with Crippen LogP contribution < -0.4 is 4.90 Å². The number of carbonyl (C=O) groups excluding carboxylic acids is 1. The second kappa shape index (κ2) is 6.32. The van der Waals surface area contributed by atoms with Crippen molar-refractivity contribution in [3.63, 3.8) is 0 Å². The quantitative estimate of drug-likeness (QED) is 0.648. The summed E-state index contributed by atoms with van der Waals surface area (Å²) in [5, 5.41) is 4.47. The molecule has 2 aliphatic heterocycles. The van der Waals surface area contributed by atoms with Crippen LogP contribution in [0.5, 0.6) is 0 Å². The Hall–Kier alpha value is -2.90. The highest BCUT2D eigenvalue weighted by Crippen LogP contribution is 2.44. The summed E-state index contributed by atoms with van der Waals surface area (Å²) < 4.78 is 9.62. The molecule has 3 aromatic heterocycles. The largest absolute Gasteiger partial charge is 0.460 e. The molecule has 2 aliphatic rings. The predicted molar refractivity (Wildman–Crippen MR) is 103 cm³/mol. The third-order valence-electron chi connectivity index (χ3n) is 6.30. The number of piperidine rings is 1. The lowest BCUT2D eigenvalue weighted by atomic mass is 9.76. The van der Waals surface area contributed by atoms with Gasteiger partial charge in [0.25, 0.3) is 0 Å². The Morgan fingerprint density at radius 1 is 1.25 bits per heavy atom. The Morgan fingerprint density at radius 2 is 2.07 bits per heavy atom. The van der Waals surface area contributed by atoms with Crippen molar-refractivity contribution >= 4 is 17.4 Å². The van der Waals surface area contributed by atoms with Crippen LogP contribution in [0, 0.1) is 19.3 Å². The third-order valence-corrected chi connectivity index (χ3v) is 6.30. The van der Waals surface area contributed by atoms with E-state index in [-0.39, 0.29) is 17.5 Å². The molecule has 2 saturated heterocycles. The van der Waals surface area contributed by atoms with E-state index in [0.29, 0.717) is 6.54 Å². The molecule has 146 valence electrons. The fourth-order valence-corrected chi connectivity index (χ4v) is 4.62. The fraction of sp³-hybridized carbons (Fsp3) is 0.500. The molecule has 0 aromatic carbocycles. The number of ether oxygens (including phenoxy) is 1. The van der Waals surface area contributed by atoms with E-state index in [4.69, 9.17) is 4.74 Å². The van der Waals surface area contributed by atoms with Gasteiger partial charge in [0.05, 0.1) is 24.5 Å². The Bertz CT molecular complexity index is 1020. The number of anilines is 1. The summed E-state index contributed by atoms with van der Waals surface area (Å²) in [4.78, 5) is 23.8. The third kappa shape index (κ3) is 2.66. The number of aromatic nitrogens is 5. The molecule has 1 atom stereocenters. The minimum Gasteiger partial charge on any atom is -0.460 e. The predicted octanol–water partition coefficient (Wildman–Crippen LogP) is 2.14. The summed E-state index contributed by atoms with van der Waals surface area (Å²) in [6, 6.07) is 1.93. The van der Waals surface area contributed by atoms with Crippen molar-refractivity contribution in [1.82, 2.24) is 24.1 Å². The second-order valence-electron chi connectivity index (χ2n) is 8.01. The van der Waals surface area contributed by atoms with Gasteiger partial charge < -0.3 is 14.2 Å². The van der Waals surface area contributed by atoms with Crippen LogP contribution in [0.25, 0.3) is 5.65 Å². The summed E-state index contributed by atoms with van der Waals surface area (Å²) in [5.41, 5.74) is 2.66. The number of nitrogens with zero attached hydrogens (tertiary/aromatic N) is 6. The standard InChI is InChI=1S/C20H24N6O2/c1-14-15(2)23-17-3-6-22-26(17)18(14)25-8-4-20(5-9-25)11-16(28-19(20)27)12-24-10-7-21-13-24/h3,6-7,10,13,16H,4-5,8-9,11-12H2,1-2H3. The molecule has 0 radical (unpaired) electrons. The Morgan fingerprint density at radius 3 is 2.82 bits per heavy atom. The lowest BCUT2D eigenvalue weighted by Gasteiger charge is -2.38. The van der Waals surface area contributed by atoms with Gasteiger partial charge in [-0.25, -0.2) is 9.97 Å². The van der Waals surface area contributed by atoms with Gasteiger partial charge in [-0.1, -0.05) is 0 Å². The molecular weight excluding hydrogens is 356 g/mol. The van der Waals surface area contributed by atoms with Gasteiger partial charge in [-0.3, -0.25) is 4.79 Å². The summed E-state index contributed by atoms with van der Waals surface area (Å²) >= 11 is 0. The van der Waals surface area contributed by atoms with Crippen LogP contribution in [0.2, 0.25) is 0 Å². The van der Waals surface area contributed by atoms with Gasteiger partial charge in [0, 0.05) is 49.2 Å². The van der Waals surface area contributed by atoms with Crippen LogP contribution in [-0.2, 0) is 16.1 Å². The van der Waals surface area contributed by atoms with Crippen LogP contribution in [0.1, 0.15) is 30.5 Å². The van der Waals surface area contributed by atoms with Crippen LogP contribution in [0.15, 0.2) is 31.0 Å². The molecule has 1 spiro atoms. The smallest absolute Gasteiger partial charge is 0.312 e. The first-order valence-corrected chi connectivity index (χ1v) is 9.78. The molecule has 2 fully saturated rings. The van der Waals surface area contributed by atoms with Gasteiger partial charge in [0.2, 0.25) is 0 Å². The van der Waals surface area contributed by atoms with Gasteiger partial charge in [-0.05, 0) is 26.7 Å². The lowest BCUT2D eigenvalue weighted by Crippen LogP contribution is -2.43. The van der Waals surface area contributed by atoms with Crippen molar-refractivity contribution in [2.24, 2.45) is 5.41 Å². The monoisotopic (exact) mass is 380 g/mol. The van der Waals surface area contributed by atoms with E-state index in [1.165, 1.54) is 0 Å². The lowest BCUT2D eigenvalue weighted by molar-refractivity contribution is -0.150. The molecule has 5 heterocycles. The molecule has 8 heteroatoms. The van der Waals surface area contributed by atoms with Crippen LogP contribution in [0.4, 0.5) is 5.82 Å². The average Bonchev–Trinajstić information content (AvgIpc) is 3.40. The number of hydrogen-bond donors (Lipinski definition) is 0. The average molecular weight is 380 g/mol. The zero-order chi connectivity index (χ0) is 19.3. The highest BCUT2D eigenvalue weighted by Gasteiger charge is 2.50. The van der Waals surface area contributed by atoms with Crippen molar-refractivity contribution in [3.05, 3.63) is 42.2 Å². The number of fused-ring (bicyclic) bond motifs is 1. The van der Waals surface area contributed by atoms with E-state index in [0.717, 1.165) is 55.1 Å². The minimum absolute atomic E-state index is 0.0378. The first-order chi connectivity index (χ1) is 13.6. The Kier molecular flexibility index (Phi) is 3.89. The van der Waals surface area contributed by atoms with Gasteiger partial charge in [0.15, 0.2) is 5.65 Å². The van der Waals surface area contributed by atoms with Crippen LogP contribution in [0.3, 0.4) is 0 Å². The van der Waals surface area contributed by atoms with Gasteiger partial charge >= 0.3 is 5.97 Å². The maximum Gasteiger partial charge on any atom is 0.312 e. The fourth-order valence-electron chi connectivity index (χ4n) is 4.62. The van der Waals surface area contributed by atoms with Crippen molar-refractivity contribution in [1.29, 1.82) is 0 Å². The molecule has 0 bridgehead atoms. The summed E-state index contributed by atoms with van der Waals surface area (Å²) in [5.74, 6) is 1.05. The number of aryl methyl sites for hydroxylation is 1. The normalized spacial score (nSPS) is 21.6. The Labute approximate surface area is 163 Å². The SMILES string of the molecule is Cc1nc2ccnn2c(N2CCC3(CC2)CC(Cn2ccnc2)OC3=O)c1C. The van der Waals surface area contributed by atoms with Crippen molar-refractivity contribution < 1.29 is 9.53 Å². The molecule has 1 unspecified atom stereocenters. The van der Waals surface area contributed by atoms with E-state index >= 15 is 0 Å². The number of carbonyl (C=O) groups is 1. The molecule has 28 heavy (non-hydrogen) atoms. The Balaban J connectivity index is 1.35. The van der Waals surface area contributed by atoms with Crippen molar-refractivity contribution in [2.75, 3.05) is 18.0 Å². The summed E-state index contributed by atoms with van der Waals surface area (Å²) in [6.07, 6.45) is 9.52. The van der Waals surface area contributed by atoms with Gasteiger partial charge in [0.1, 0.15) is 11.9 Å². The van der Waals surface area contributed by atoms with Crippen molar-refractivity contribution in [3.8, 4) is 0 Å². The van der Waals surface area contributed by atoms with E-state index in [1.54, 1.807) is 18.7 Å². The second-order valence-corrected chi connectivity index (χ2v) is 8.01. The van der Waals surface area contributed by atoms with Gasteiger partial charge in [-0.15, -0.1) is 0 Å². The maximum atomic E-state index is 12.7. The van der Waals surface area contributed by atoms with Crippen molar-refractivity contribution in [2.45, 2.75) is 45.8 Å².